The highest BCUT2D eigenvalue weighted by atomic mass is 16.1. The summed E-state index contributed by atoms with van der Waals surface area (Å²) in [6, 6.07) is 14.0. The van der Waals surface area contributed by atoms with Crippen molar-refractivity contribution in [2.45, 2.75) is 31.7 Å². The summed E-state index contributed by atoms with van der Waals surface area (Å²) < 4.78 is 1.94. The van der Waals surface area contributed by atoms with E-state index in [1.165, 1.54) is 0 Å². The van der Waals surface area contributed by atoms with Gasteiger partial charge < -0.3 is 16.0 Å². The number of benzene rings is 1. The van der Waals surface area contributed by atoms with E-state index in [1.54, 1.807) is 12.4 Å². The lowest BCUT2D eigenvalue weighted by Gasteiger charge is -2.33. The van der Waals surface area contributed by atoms with E-state index in [4.69, 9.17) is 5.73 Å². The molecule has 29 heavy (non-hydrogen) atoms. The summed E-state index contributed by atoms with van der Waals surface area (Å²) in [7, 11) is 0. The topological polar surface area (TPSA) is 102 Å². The summed E-state index contributed by atoms with van der Waals surface area (Å²) in [6.45, 7) is 1.70. The lowest BCUT2D eigenvalue weighted by atomic mass is 10.1. The molecule has 0 spiro atoms. The maximum Gasteiger partial charge on any atom is 0.225 e. The highest BCUT2D eigenvalue weighted by Gasteiger charge is 2.24. The van der Waals surface area contributed by atoms with E-state index >= 15 is 0 Å². The van der Waals surface area contributed by atoms with Crippen LogP contribution in [-0.2, 0) is 11.2 Å². The SMILES string of the molecule is Nc1nccc(N2CCC(n3nccc3NC(=O)CCc3ccccc3)CC2)n1. The fraction of sp³-hybridized carbons (Fsp3) is 0.333. The van der Waals surface area contributed by atoms with Crippen LogP contribution in [0.4, 0.5) is 17.6 Å². The molecule has 1 aromatic carbocycles. The Morgan fingerprint density at radius 3 is 2.66 bits per heavy atom. The molecule has 3 aromatic rings. The fourth-order valence-corrected chi connectivity index (χ4v) is 3.69. The quantitative estimate of drug-likeness (QED) is 0.670. The van der Waals surface area contributed by atoms with Crippen molar-refractivity contribution in [1.82, 2.24) is 19.7 Å². The van der Waals surface area contributed by atoms with Gasteiger partial charge in [-0.15, -0.1) is 0 Å². The Kier molecular flexibility index (Phi) is 5.69. The van der Waals surface area contributed by atoms with Crippen LogP contribution in [0.15, 0.2) is 54.9 Å². The molecule has 3 heterocycles. The molecule has 1 aliphatic heterocycles. The maximum absolute atomic E-state index is 12.4. The average molecular weight is 391 g/mol. The summed E-state index contributed by atoms with van der Waals surface area (Å²) in [5, 5.41) is 7.48. The third kappa shape index (κ3) is 4.71. The molecule has 0 aliphatic carbocycles. The molecule has 2 aromatic heterocycles. The van der Waals surface area contributed by atoms with Crippen LogP contribution in [0.2, 0.25) is 0 Å². The number of aromatic nitrogens is 4. The summed E-state index contributed by atoms with van der Waals surface area (Å²) in [4.78, 5) is 22.9. The van der Waals surface area contributed by atoms with Gasteiger partial charge in [0.15, 0.2) is 0 Å². The van der Waals surface area contributed by atoms with Crippen molar-refractivity contribution in [2.24, 2.45) is 0 Å². The first-order valence-electron chi connectivity index (χ1n) is 9.90. The van der Waals surface area contributed by atoms with Gasteiger partial charge in [0, 0.05) is 31.8 Å². The normalized spacial score (nSPS) is 14.7. The number of piperidine rings is 1. The predicted octanol–water partition coefficient (Wildman–Crippen LogP) is 2.67. The van der Waals surface area contributed by atoms with Crippen LogP contribution < -0.4 is 16.0 Å². The molecule has 0 saturated carbocycles. The second kappa shape index (κ2) is 8.72. The second-order valence-corrected chi connectivity index (χ2v) is 7.19. The van der Waals surface area contributed by atoms with E-state index in [1.807, 2.05) is 47.1 Å². The Labute approximate surface area is 169 Å². The number of hydrogen-bond donors (Lipinski definition) is 2. The number of nitrogens with one attached hydrogen (secondary N) is 1. The summed E-state index contributed by atoms with van der Waals surface area (Å²) >= 11 is 0. The Hall–Kier alpha value is -3.42. The van der Waals surface area contributed by atoms with Crippen molar-refractivity contribution in [1.29, 1.82) is 0 Å². The number of hydrogen-bond acceptors (Lipinski definition) is 6. The highest BCUT2D eigenvalue weighted by Crippen LogP contribution is 2.27. The van der Waals surface area contributed by atoms with Gasteiger partial charge in [-0.25, -0.2) is 9.67 Å². The summed E-state index contributed by atoms with van der Waals surface area (Å²) in [5.41, 5.74) is 6.86. The number of rotatable bonds is 6. The van der Waals surface area contributed by atoms with Crippen molar-refractivity contribution in [3.05, 3.63) is 60.4 Å². The Balaban J connectivity index is 1.33. The minimum atomic E-state index is 0.00417. The average Bonchev–Trinajstić information content (AvgIpc) is 3.21. The second-order valence-electron chi connectivity index (χ2n) is 7.19. The molecular weight excluding hydrogens is 366 g/mol. The minimum Gasteiger partial charge on any atom is -0.368 e. The summed E-state index contributed by atoms with van der Waals surface area (Å²) in [6.07, 6.45) is 6.42. The van der Waals surface area contributed by atoms with Crippen molar-refractivity contribution >= 4 is 23.5 Å². The zero-order valence-corrected chi connectivity index (χ0v) is 16.2. The molecule has 1 amide bonds. The maximum atomic E-state index is 12.4. The molecule has 4 rings (SSSR count). The van der Waals surface area contributed by atoms with Gasteiger partial charge in [-0.3, -0.25) is 4.79 Å². The van der Waals surface area contributed by atoms with E-state index in [0.717, 1.165) is 49.6 Å². The molecular formula is C21H25N7O. The third-order valence-electron chi connectivity index (χ3n) is 5.22. The molecule has 0 atom stereocenters. The van der Waals surface area contributed by atoms with Gasteiger partial charge in [-0.1, -0.05) is 30.3 Å². The highest BCUT2D eigenvalue weighted by molar-refractivity contribution is 5.90. The van der Waals surface area contributed by atoms with Crippen LogP contribution >= 0.6 is 0 Å². The fourth-order valence-electron chi connectivity index (χ4n) is 3.69. The predicted molar refractivity (Wildman–Crippen MR) is 113 cm³/mol. The van der Waals surface area contributed by atoms with Gasteiger partial charge in [0.2, 0.25) is 11.9 Å². The van der Waals surface area contributed by atoms with Gasteiger partial charge in [-0.05, 0) is 30.9 Å². The third-order valence-corrected chi connectivity index (χ3v) is 5.22. The van der Waals surface area contributed by atoms with Crippen LogP contribution in [0, 0.1) is 0 Å². The number of nitrogen functional groups attached to an aromatic ring is 1. The lowest BCUT2D eigenvalue weighted by Crippen LogP contribution is -2.36. The zero-order chi connectivity index (χ0) is 20.1. The molecule has 8 heteroatoms. The molecule has 150 valence electrons. The zero-order valence-electron chi connectivity index (χ0n) is 16.2. The van der Waals surface area contributed by atoms with Crippen LogP contribution in [0.1, 0.15) is 30.9 Å². The van der Waals surface area contributed by atoms with E-state index in [9.17, 15) is 4.79 Å². The number of carbonyl (C=O) groups is 1. The number of anilines is 3. The van der Waals surface area contributed by atoms with Crippen molar-refractivity contribution < 1.29 is 4.79 Å². The van der Waals surface area contributed by atoms with E-state index in [2.05, 4.69) is 25.3 Å². The molecule has 0 unspecified atom stereocenters. The van der Waals surface area contributed by atoms with Crippen molar-refractivity contribution in [3.8, 4) is 0 Å². The largest absolute Gasteiger partial charge is 0.368 e. The number of amides is 1. The van der Waals surface area contributed by atoms with E-state index < -0.39 is 0 Å². The molecule has 0 radical (unpaired) electrons. The first kappa shape index (κ1) is 18.9. The summed E-state index contributed by atoms with van der Waals surface area (Å²) in [5.74, 6) is 1.90. The molecule has 3 N–H and O–H groups in total. The number of nitrogens with two attached hydrogens (primary N) is 1. The number of nitrogens with zero attached hydrogens (tertiary/aromatic N) is 5. The number of aryl methyl sites for hydroxylation is 1. The Morgan fingerprint density at radius 1 is 1.10 bits per heavy atom. The molecule has 0 bridgehead atoms. The molecule has 1 aliphatic rings. The van der Waals surface area contributed by atoms with Crippen LogP contribution in [0.25, 0.3) is 0 Å². The van der Waals surface area contributed by atoms with Crippen molar-refractivity contribution in [3.63, 3.8) is 0 Å². The standard InChI is InChI=1S/C21H25N7O/c22-21-23-12-8-18(26-21)27-14-10-17(11-15-27)28-19(9-13-24-28)25-20(29)7-6-16-4-2-1-3-5-16/h1-5,8-9,12-13,17H,6-7,10-11,14-15H2,(H,25,29)(H2,22,23,26). The molecule has 1 saturated heterocycles. The lowest BCUT2D eigenvalue weighted by molar-refractivity contribution is -0.116. The van der Waals surface area contributed by atoms with E-state index in [-0.39, 0.29) is 17.9 Å². The monoisotopic (exact) mass is 391 g/mol. The van der Waals surface area contributed by atoms with Crippen LogP contribution in [0.3, 0.4) is 0 Å². The van der Waals surface area contributed by atoms with Crippen LogP contribution in [-0.4, -0.2) is 38.7 Å². The van der Waals surface area contributed by atoms with Crippen LogP contribution in [0.5, 0.6) is 0 Å². The van der Waals surface area contributed by atoms with Gasteiger partial charge in [0.1, 0.15) is 11.6 Å². The first-order chi connectivity index (χ1) is 14.2. The molecule has 8 nitrogen and oxygen atoms in total. The Bertz CT molecular complexity index is 948. The first-order valence-corrected chi connectivity index (χ1v) is 9.90. The van der Waals surface area contributed by atoms with Gasteiger partial charge in [-0.2, -0.15) is 10.1 Å². The molecule has 1 fully saturated rings. The number of carbonyl (C=O) groups excluding carboxylic acids is 1. The van der Waals surface area contributed by atoms with Gasteiger partial charge in [0.05, 0.1) is 12.2 Å². The Morgan fingerprint density at radius 2 is 1.90 bits per heavy atom. The van der Waals surface area contributed by atoms with Crippen molar-refractivity contribution in [2.75, 3.05) is 29.0 Å². The smallest absolute Gasteiger partial charge is 0.225 e. The van der Waals surface area contributed by atoms with Gasteiger partial charge >= 0.3 is 0 Å². The minimum absolute atomic E-state index is 0.00417. The van der Waals surface area contributed by atoms with Gasteiger partial charge in [0.25, 0.3) is 0 Å². The van der Waals surface area contributed by atoms with E-state index in [0.29, 0.717) is 6.42 Å².